The summed E-state index contributed by atoms with van der Waals surface area (Å²) < 4.78 is 10.2. The number of ether oxygens (including phenoxy) is 2. The topological polar surface area (TPSA) is 96.3 Å². The third-order valence-electron chi connectivity index (χ3n) is 3.98. The number of hydrogen-bond donors (Lipinski definition) is 1. The fourth-order valence-corrected chi connectivity index (χ4v) is 2.51. The van der Waals surface area contributed by atoms with Crippen molar-refractivity contribution in [2.45, 2.75) is 51.9 Å². The van der Waals surface area contributed by atoms with Gasteiger partial charge in [-0.2, -0.15) is 0 Å². The molecule has 0 radical (unpaired) electrons. The second kappa shape index (κ2) is 14.6. The Hall–Kier alpha value is -2.50. The number of benzene rings is 1. The van der Waals surface area contributed by atoms with Gasteiger partial charge >= 0.3 is 0 Å². The molecule has 1 aromatic carbocycles. The molecule has 0 saturated heterocycles. The van der Waals surface area contributed by atoms with Crippen LogP contribution in [0.4, 0.5) is 0 Å². The molecule has 27 heavy (non-hydrogen) atoms. The Morgan fingerprint density at radius 2 is 1.81 bits per heavy atom. The zero-order valence-electron chi connectivity index (χ0n) is 16.3. The van der Waals surface area contributed by atoms with Crippen LogP contribution < -0.4 is 10.1 Å². The summed E-state index contributed by atoms with van der Waals surface area (Å²) in [6.07, 6.45) is 9.81. The number of unbranched alkanes of at least 4 members (excludes halogenated alkanes) is 6. The van der Waals surface area contributed by atoms with E-state index in [1.807, 2.05) is 0 Å². The first-order valence-electron chi connectivity index (χ1n) is 9.48. The predicted octanol–water partition coefficient (Wildman–Crippen LogP) is 5.19. The van der Waals surface area contributed by atoms with E-state index in [1.165, 1.54) is 32.1 Å². The number of nitrogens with zero attached hydrogens (tertiary/aromatic N) is 3. The van der Waals surface area contributed by atoms with E-state index in [0.717, 1.165) is 18.4 Å². The molecule has 0 fully saturated rings. The SMILES string of the molecule is CCCCCCCCCNC(=O)C(=Cc1ccc(OCOC)cc1)N=[N+]=[N-]. The third-order valence-corrected chi connectivity index (χ3v) is 3.98. The smallest absolute Gasteiger partial charge is 0.253 e. The maximum atomic E-state index is 12.2. The number of carbonyl (C=O) groups excluding carboxylic acids is 1. The molecule has 0 heterocycles. The van der Waals surface area contributed by atoms with Crippen LogP contribution in [0.2, 0.25) is 0 Å². The van der Waals surface area contributed by atoms with Crippen LogP contribution in [0.3, 0.4) is 0 Å². The summed E-state index contributed by atoms with van der Waals surface area (Å²) in [5.74, 6) is 0.293. The standard InChI is InChI=1S/C20H30N4O3/c1-3-4-5-6-7-8-9-14-22-20(25)19(23-24-21)15-17-10-12-18(13-11-17)27-16-26-2/h10-13,15H,3-9,14,16H2,1-2H3,(H,22,25). The van der Waals surface area contributed by atoms with Crippen molar-refractivity contribution in [1.29, 1.82) is 0 Å². The Kier molecular flexibility index (Phi) is 12.2. The van der Waals surface area contributed by atoms with Crippen LogP contribution in [0.25, 0.3) is 16.5 Å². The molecule has 0 aliphatic carbocycles. The van der Waals surface area contributed by atoms with Crippen LogP contribution >= 0.6 is 0 Å². The Bertz CT molecular complexity index is 623. The Labute approximate surface area is 161 Å². The van der Waals surface area contributed by atoms with E-state index in [0.29, 0.717) is 12.3 Å². The van der Waals surface area contributed by atoms with Gasteiger partial charge in [0, 0.05) is 18.6 Å². The first-order valence-corrected chi connectivity index (χ1v) is 9.48. The van der Waals surface area contributed by atoms with E-state index in [2.05, 4.69) is 22.3 Å². The molecular formula is C20H30N4O3. The molecule has 0 saturated carbocycles. The molecule has 0 unspecified atom stereocenters. The average Bonchev–Trinajstić information content (AvgIpc) is 2.69. The van der Waals surface area contributed by atoms with Gasteiger partial charge in [-0.1, -0.05) is 62.7 Å². The van der Waals surface area contributed by atoms with Gasteiger partial charge in [-0.25, -0.2) is 0 Å². The van der Waals surface area contributed by atoms with E-state index < -0.39 is 0 Å². The second-order valence-electron chi connectivity index (χ2n) is 6.22. The number of methoxy groups -OCH3 is 1. The molecule has 0 aromatic heterocycles. The number of rotatable bonds is 14. The zero-order valence-corrected chi connectivity index (χ0v) is 16.3. The van der Waals surface area contributed by atoms with Crippen LogP contribution in [0, 0.1) is 0 Å². The lowest BCUT2D eigenvalue weighted by Gasteiger charge is -2.06. The highest BCUT2D eigenvalue weighted by Crippen LogP contribution is 2.15. The monoisotopic (exact) mass is 374 g/mol. The summed E-state index contributed by atoms with van der Waals surface area (Å²) >= 11 is 0. The van der Waals surface area contributed by atoms with Gasteiger partial charge in [-0.05, 0) is 35.7 Å². The minimum absolute atomic E-state index is 0.0472. The lowest BCUT2D eigenvalue weighted by Crippen LogP contribution is -2.25. The van der Waals surface area contributed by atoms with Crippen LogP contribution in [-0.2, 0) is 9.53 Å². The minimum atomic E-state index is -0.363. The number of carbonyl (C=O) groups is 1. The summed E-state index contributed by atoms with van der Waals surface area (Å²) in [6, 6.07) is 7.08. The van der Waals surface area contributed by atoms with Crippen LogP contribution in [0.1, 0.15) is 57.4 Å². The van der Waals surface area contributed by atoms with Crippen molar-refractivity contribution in [1.82, 2.24) is 5.32 Å². The van der Waals surface area contributed by atoms with Gasteiger partial charge in [0.2, 0.25) is 0 Å². The summed E-state index contributed by atoms with van der Waals surface area (Å²) in [7, 11) is 1.55. The molecule has 0 aliphatic heterocycles. The van der Waals surface area contributed by atoms with Crippen molar-refractivity contribution in [3.05, 3.63) is 46.0 Å². The number of azide groups is 1. The van der Waals surface area contributed by atoms with Gasteiger partial charge in [0.1, 0.15) is 11.4 Å². The lowest BCUT2D eigenvalue weighted by atomic mass is 10.1. The Balaban J connectivity index is 2.47. The zero-order chi connectivity index (χ0) is 19.7. The molecule has 1 N–H and O–H groups in total. The highest BCUT2D eigenvalue weighted by molar-refractivity contribution is 5.97. The average molecular weight is 374 g/mol. The maximum absolute atomic E-state index is 12.2. The third kappa shape index (κ3) is 10.3. The maximum Gasteiger partial charge on any atom is 0.253 e. The molecule has 7 nitrogen and oxygen atoms in total. The summed E-state index contributed by atoms with van der Waals surface area (Å²) in [6.45, 7) is 2.95. The van der Waals surface area contributed by atoms with Crippen molar-refractivity contribution < 1.29 is 14.3 Å². The van der Waals surface area contributed by atoms with Crippen LogP contribution in [0.5, 0.6) is 5.75 Å². The summed E-state index contributed by atoms with van der Waals surface area (Å²) in [5, 5.41) is 6.33. The fraction of sp³-hybridized carbons (Fsp3) is 0.550. The summed E-state index contributed by atoms with van der Waals surface area (Å²) in [5.41, 5.74) is 9.51. The molecule has 1 amide bonds. The van der Waals surface area contributed by atoms with E-state index in [-0.39, 0.29) is 18.4 Å². The van der Waals surface area contributed by atoms with Gasteiger partial charge in [0.15, 0.2) is 6.79 Å². The lowest BCUT2D eigenvalue weighted by molar-refractivity contribution is -0.117. The molecule has 148 valence electrons. The van der Waals surface area contributed by atoms with Crippen molar-refractivity contribution in [3.63, 3.8) is 0 Å². The molecule has 1 aromatic rings. The Morgan fingerprint density at radius 1 is 1.15 bits per heavy atom. The normalized spacial score (nSPS) is 11.0. The van der Waals surface area contributed by atoms with E-state index in [4.69, 9.17) is 15.0 Å². The molecule has 7 heteroatoms. The minimum Gasteiger partial charge on any atom is -0.468 e. The quantitative estimate of drug-likeness (QED) is 0.121. The largest absolute Gasteiger partial charge is 0.468 e. The van der Waals surface area contributed by atoms with Crippen molar-refractivity contribution in [2.24, 2.45) is 5.11 Å². The molecule has 1 rings (SSSR count). The van der Waals surface area contributed by atoms with Gasteiger partial charge in [0.25, 0.3) is 5.91 Å². The second-order valence-corrected chi connectivity index (χ2v) is 6.22. The molecule has 0 aliphatic rings. The summed E-state index contributed by atoms with van der Waals surface area (Å²) in [4.78, 5) is 15.0. The number of amides is 1. The molecule has 0 atom stereocenters. The van der Waals surface area contributed by atoms with Crippen molar-refractivity contribution in [3.8, 4) is 5.75 Å². The first-order chi connectivity index (χ1) is 13.2. The van der Waals surface area contributed by atoms with Gasteiger partial charge in [-0.15, -0.1) is 0 Å². The van der Waals surface area contributed by atoms with Crippen LogP contribution in [-0.4, -0.2) is 26.4 Å². The predicted molar refractivity (Wildman–Crippen MR) is 107 cm³/mol. The van der Waals surface area contributed by atoms with E-state index >= 15 is 0 Å². The molecule has 0 bridgehead atoms. The highest BCUT2D eigenvalue weighted by Gasteiger charge is 2.07. The molecular weight excluding hydrogens is 344 g/mol. The Morgan fingerprint density at radius 3 is 2.44 bits per heavy atom. The number of nitrogens with one attached hydrogen (secondary N) is 1. The highest BCUT2D eigenvalue weighted by atomic mass is 16.7. The first kappa shape index (κ1) is 22.5. The van der Waals surface area contributed by atoms with Gasteiger partial charge in [-0.3, -0.25) is 4.79 Å². The van der Waals surface area contributed by atoms with Crippen LogP contribution in [0.15, 0.2) is 35.1 Å². The van der Waals surface area contributed by atoms with E-state index in [9.17, 15) is 4.79 Å². The van der Waals surface area contributed by atoms with E-state index in [1.54, 1.807) is 37.5 Å². The van der Waals surface area contributed by atoms with Crippen molar-refractivity contribution >= 4 is 12.0 Å². The molecule has 0 spiro atoms. The van der Waals surface area contributed by atoms with Gasteiger partial charge in [0.05, 0.1) is 0 Å². The van der Waals surface area contributed by atoms with Gasteiger partial charge < -0.3 is 14.8 Å². The fourth-order valence-electron chi connectivity index (χ4n) is 2.51. The van der Waals surface area contributed by atoms with Crippen molar-refractivity contribution in [2.75, 3.05) is 20.4 Å². The number of hydrogen-bond acceptors (Lipinski definition) is 4.